The second-order valence-corrected chi connectivity index (χ2v) is 7.91. The maximum Gasteiger partial charge on any atom is 0.335 e. The molecule has 0 radical (unpaired) electrons. The van der Waals surface area contributed by atoms with E-state index in [0.29, 0.717) is 47.2 Å². The van der Waals surface area contributed by atoms with Gasteiger partial charge in [0.25, 0.3) is 0 Å². The van der Waals surface area contributed by atoms with Crippen molar-refractivity contribution in [3.8, 4) is 17.1 Å². The number of hydrogen-bond donors (Lipinski definition) is 1. The van der Waals surface area contributed by atoms with Crippen molar-refractivity contribution in [2.45, 2.75) is 18.9 Å². The first-order chi connectivity index (χ1) is 16.5. The highest BCUT2D eigenvalue weighted by Crippen LogP contribution is 2.28. The average Bonchev–Trinajstić information content (AvgIpc) is 3.46. The smallest absolute Gasteiger partial charge is 0.335 e. The number of carbonyl (C=O) groups excluding carboxylic acids is 1. The van der Waals surface area contributed by atoms with Crippen LogP contribution in [0, 0.1) is 0 Å². The fraction of sp³-hybridized carbons (Fsp3) is 0.217. The van der Waals surface area contributed by atoms with Gasteiger partial charge in [-0.2, -0.15) is 4.98 Å². The van der Waals surface area contributed by atoms with E-state index in [1.807, 2.05) is 0 Å². The molecule has 1 aliphatic rings. The normalized spacial score (nSPS) is 16.0. The summed E-state index contributed by atoms with van der Waals surface area (Å²) in [6.45, 7) is 8.19. The number of anilines is 1. The molecule has 1 aliphatic heterocycles. The monoisotopic (exact) mass is 458 g/mol. The largest absolute Gasteiger partial charge is 0.382 e. The van der Waals surface area contributed by atoms with Crippen LogP contribution in [0.5, 0.6) is 0 Å². The Kier molecular flexibility index (Phi) is 5.28. The summed E-state index contributed by atoms with van der Waals surface area (Å²) in [5.41, 5.74) is 8.04. The van der Waals surface area contributed by atoms with Gasteiger partial charge in [-0.1, -0.05) is 18.3 Å². The summed E-state index contributed by atoms with van der Waals surface area (Å²) in [6, 6.07) is 6.86. The SMILES string of the molecule is C=CC(=O)N1CCC[C@@H](n2c(=O)n(-c3ccc(-c4noc(C=C)n4)cc3)c3c(N)ncnc32)C1. The van der Waals surface area contributed by atoms with Gasteiger partial charge in [-0.05, 0) is 49.3 Å². The lowest BCUT2D eigenvalue weighted by Crippen LogP contribution is -2.42. The van der Waals surface area contributed by atoms with E-state index in [9.17, 15) is 9.59 Å². The van der Waals surface area contributed by atoms with Crippen LogP contribution in [0.1, 0.15) is 24.8 Å². The van der Waals surface area contributed by atoms with E-state index in [-0.39, 0.29) is 23.5 Å². The standard InChI is InChI=1S/C23H22N8O3/c1-3-17-27-21(28-34-17)14-7-9-15(10-8-14)30-19-20(24)25-13-26-22(19)31(23(30)33)16-6-5-11-29(12-16)18(32)4-2/h3-4,7-10,13,16H,1-2,5-6,11-12H2,(H2,24,25,26)/t16-/m1/s1. The van der Waals surface area contributed by atoms with Crippen LogP contribution in [0.15, 0.2) is 59.1 Å². The lowest BCUT2D eigenvalue weighted by Gasteiger charge is -2.32. The van der Waals surface area contributed by atoms with E-state index in [2.05, 4.69) is 33.3 Å². The Labute approximate surface area is 193 Å². The van der Waals surface area contributed by atoms with Gasteiger partial charge in [0, 0.05) is 18.7 Å². The zero-order valence-electron chi connectivity index (χ0n) is 18.3. The lowest BCUT2D eigenvalue weighted by molar-refractivity contribution is -0.127. The molecule has 34 heavy (non-hydrogen) atoms. The highest BCUT2D eigenvalue weighted by atomic mass is 16.5. The number of hydrogen-bond acceptors (Lipinski definition) is 8. The van der Waals surface area contributed by atoms with E-state index in [0.717, 1.165) is 12.8 Å². The molecule has 1 amide bonds. The molecule has 11 heteroatoms. The molecule has 0 bridgehead atoms. The number of imidazole rings is 1. The molecular formula is C23H22N8O3. The number of likely N-dealkylation sites (tertiary alicyclic amines) is 1. The fourth-order valence-corrected chi connectivity index (χ4v) is 4.33. The molecule has 1 aromatic carbocycles. The van der Waals surface area contributed by atoms with Crippen LogP contribution in [0.2, 0.25) is 0 Å². The van der Waals surface area contributed by atoms with E-state index in [1.165, 1.54) is 23.0 Å². The number of fused-ring (bicyclic) bond motifs is 1. The Morgan fingerprint density at radius 3 is 2.71 bits per heavy atom. The van der Waals surface area contributed by atoms with Crippen LogP contribution in [-0.4, -0.2) is 53.1 Å². The van der Waals surface area contributed by atoms with Crippen molar-refractivity contribution in [2.24, 2.45) is 0 Å². The molecule has 1 fully saturated rings. The third-order valence-electron chi connectivity index (χ3n) is 5.93. The average molecular weight is 458 g/mol. The minimum Gasteiger partial charge on any atom is -0.382 e. The molecule has 172 valence electrons. The summed E-state index contributed by atoms with van der Waals surface area (Å²) < 4.78 is 8.18. The quantitative estimate of drug-likeness (QED) is 0.449. The molecular weight excluding hydrogens is 436 g/mol. The first-order valence-corrected chi connectivity index (χ1v) is 10.7. The van der Waals surface area contributed by atoms with Gasteiger partial charge in [-0.25, -0.2) is 14.8 Å². The third-order valence-corrected chi connectivity index (χ3v) is 5.93. The van der Waals surface area contributed by atoms with E-state index in [4.69, 9.17) is 10.3 Å². The number of nitrogens with zero attached hydrogens (tertiary/aromatic N) is 7. The summed E-state index contributed by atoms with van der Waals surface area (Å²) in [4.78, 5) is 40.3. The Morgan fingerprint density at radius 2 is 2.00 bits per heavy atom. The van der Waals surface area contributed by atoms with Gasteiger partial charge in [0.1, 0.15) is 11.8 Å². The predicted octanol–water partition coefficient (Wildman–Crippen LogP) is 2.21. The van der Waals surface area contributed by atoms with Gasteiger partial charge in [-0.15, -0.1) is 0 Å². The van der Waals surface area contributed by atoms with Crippen molar-refractivity contribution >= 4 is 29.0 Å². The maximum absolute atomic E-state index is 13.7. The van der Waals surface area contributed by atoms with E-state index in [1.54, 1.807) is 33.7 Å². The maximum atomic E-state index is 13.7. The van der Waals surface area contributed by atoms with Crippen molar-refractivity contribution in [3.63, 3.8) is 0 Å². The number of amides is 1. The van der Waals surface area contributed by atoms with Gasteiger partial charge in [0.2, 0.25) is 17.6 Å². The van der Waals surface area contributed by atoms with Crippen LogP contribution >= 0.6 is 0 Å². The Balaban J connectivity index is 1.60. The van der Waals surface area contributed by atoms with Crippen molar-refractivity contribution in [2.75, 3.05) is 18.8 Å². The highest BCUT2D eigenvalue weighted by molar-refractivity contribution is 5.87. The number of carbonyl (C=O) groups is 1. The molecule has 1 atom stereocenters. The van der Waals surface area contributed by atoms with Gasteiger partial charge in [0.05, 0.1) is 11.7 Å². The number of aromatic nitrogens is 6. The lowest BCUT2D eigenvalue weighted by atomic mass is 10.1. The van der Waals surface area contributed by atoms with Crippen LogP contribution in [0.25, 0.3) is 34.3 Å². The zero-order valence-corrected chi connectivity index (χ0v) is 18.3. The fourth-order valence-electron chi connectivity index (χ4n) is 4.33. The molecule has 0 unspecified atom stereocenters. The van der Waals surface area contributed by atoms with Crippen molar-refractivity contribution in [1.29, 1.82) is 0 Å². The van der Waals surface area contributed by atoms with Gasteiger partial charge < -0.3 is 15.2 Å². The zero-order chi connectivity index (χ0) is 23.8. The van der Waals surface area contributed by atoms with E-state index < -0.39 is 0 Å². The number of piperidine rings is 1. The Bertz CT molecular complexity index is 1460. The minimum atomic E-state index is -0.304. The summed E-state index contributed by atoms with van der Waals surface area (Å²) in [5, 5.41) is 3.93. The second kappa shape index (κ2) is 8.43. The van der Waals surface area contributed by atoms with Crippen molar-refractivity contribution < 1.29 is 9.32 Å². The topological polar surface area (TPSA) is 138 Å². The first kappa shape index (κ1) is 21.3. The summed E-state index contributed by atoms with van der Waals surface area (Å²) in [6.07, 6.45) is 5.58. The molecule has 0 aliphatic carbocycles. The van der Waals surface area contributed by atoms with Gasteiger partial charge >= 0.3 is 5.69 Å². The van der Waals surface area contributed by atoms with Crippen molar-refractivity contribution in [3.05, 3.63) is 66.2 Å². The van der Waals surface area contributed by atoms with Crippen LogP contribution in [0.4, 0.5) is 5.82 Å². The van der Waals surface area contributed by atoms with Crippen LogP contribution in [-0.2, 0) is 4.79 Å². The first-order valence-electron chi connectivity index (χ1n) is 10.7. The molecule has 4 aromatic rings. The van der Waals surface area contributed by atoms with Crippen LogP contribution < -0.4 is 11.4 Å². The minimum absolute atomic E-state index is 0.160. The van der Waals surface area contributed by atoms with Crippen molar-refractivity contribution in [1.82, 2.24) is 34.1 Å². The molecule has 0 spiro atoms. The number of nitrogen functional groups attached to an aromatic ring is 1. The molecule has 4 heterocycles. The molecule has 3 aromatic heterocycles. The highest BCUT2D eigenvalue weighted by Gasteiger charge is 2.29. The Morgan fingerprint density at radius 1 is 1.21 bits per heavy atom. The number of benzene rings is 1. The van der Waals surface area contributed by atoms with Gasteiger partial charge in [-0.3, -0.25) is 13.9 Å². The van der Waals surface area contributed by atoms with E-state index >= 15 is 0 Å². The van der Waals surface area contributed by atoms with Gasteiger partial charge in [0.15, 0.2) is 11.5 Å². The van der Waals surface area contributed by atoms with Crippen LogP contribution in [0.3, 0.4) is 0 Å². The molecule has 5 rings (SSSR count). The number of nitrogens with two attached hydrogens (primary N) is 1. The summed E-state index contributed by atoms with van der Waals surface area (Å²) in [5.74, 6) is 0.758. The summed E-state index contributed by atoms with van der Waals surface area (Å²) >= 11 is 0. The Hall–Kier alpha value is -4.54. The molecule has 1 saturated heterocycles. The number of rotatable bonds is 5. The second-order valence-electron chi connectivity index (χ2n) is 7.91. The summed E-state index contributed by atoms with van der Waals surface area (Å²) in [7, 11) is 0. The third kappa shape index (κ3) is 3.47. The molecule has 0 saturated carbocycles. The molecule has 11 nitrogen and oxygen atoms in total. The predicted molar refractivity (Wildman–Crippen MR) is 126 cm³/mol. The molecule has 2 N–H and O–H groups in total.